The maximum atomic E-state index is 13.2. The molecule has 0 aliphatic rings. The van der Waals surface area contributed by atoms with E-state index >= 15 is 0 Å². The first-order valence-electron chi connectivity index (χ1n) is 10.1. The van der Waals surface area contributed by atoms with Crippen molar-refractivity contribution in [3.63, 3.8) is 0 Å². The number of nitrogens with one attached hydrogen (secondary N) is 1. The minimum Gasteiger partial charge on any atom is -0.348 e. The van der Waals surface area contributed by atoms with E-state index in [4.69, 9.17) is 4.98 Å². The summed E-state index contributed by atoms with van der Waals surface area (Å²) in [5, 5.41) is 3.62. The van der Waals surface area contributed by atoms with Crippen LogP contribution in [0.25, 0.3) is 22.2 Å². The van der Waals surface area contributed by atoms with Crippen molar-refractivity contribution in [3.05, 3.63) is 96.1 Å². The first-order chi connectivity index (χ1) is 15.4. The molecular formula is C25H23N3O3S. The molecule has 0 bridgehead atoms. The lowest BCUT2D eigenvalue weighted by atomic mass is 10.0. The van der Waals surface area contributed by atoms with Crippen LogP contribution in [0.4, 0.5) is 0 Å². The molecule has 1 amide bonds. The predicted octanol–water partition coefficient (Wildman–Crippen LogP) is 4.08. The number of pyridine rings is 1. The van der Waals surface area contributed by atoms with Crippen molar-refractivity contribution in [2.45, 2.75) is 11.4 Å². The number of hydrogen-bond acceptors (Lipinski definition) is 4. The van der Waals surface area contributed by atoms with E-state index < -0.39 is 10.0 Å². The second kappa shape index (κ2) is 8.90. The van der Waals surface area contributed by atoms with Crippen molar-refractivity contribution >= 4 is 26.8 Å². The lowest BCUT2D eigenvalue weighted by molar-refractivity contribution is 0.0952. The number of carbonyl (C=O) groups excluding carboxylic acids is 1. The largest absolute Gasteiger partial charge is 0.348 e. The molecule has 0 aliphatic heterocycles. The van der Waals surface area contributed by atoms with Gasteiger partial charge in [0, 0.05) is 31.6 Å². The van der Waals surface area contributed by atoms with E-state index in [1.54, 1.807) is 30.3 Å². The van der Waals surface area contributed by atoms with Crippen molar-refractivity contribution in [1.29, 1.82) is 0 Å². The van der Waals surface area contributed by atoms with Crippen LogP contribution in [-0.2, 0) is 16.6 Å². The fourth-order valence-electron chi connectivity index (χ4n) is 3.49. The number of aromatic nitrogens is 1. The minimum absolute atomic E-state index is 0.0827. The Hall–Kier alpha value is -3.55. The number of carbonyl (C=O) groups is 1. The molecule has 1 N–H and O–H groups in total. The van der Waals surface area contributed by atoms with Crippen molar-refractivity contribution in [2.24, 2.45) is 0 Å². The van der Waals surface area contributed by atoms with Gasteiger partial charge in [0.1, 0.15) is 0 Å². The van der Waals surface area contributed by atoms with Gasteiger partial charge in [0.15, 0.2) is 0 Å². The van der Waals surface area contributed by atoms with Crippen LogP contribution in [0.3, 0.4) is 0 Å². The third-order valence-electron chi connectivity index (χ3n) is 5.20. The number of hydrogen-bond donors (Lipinski definition) is 1. The molecule has 0 atom stereocenters. The number of sulfonamides is 1. The molecule has 3 aromatic carbocycles. The molecule has 0 aliphatic carbocycles. The Balaban J connectivity index is 1.69. The molecule has 0 saturated carbocycles. The molecule has 4 aromatic rings. The van der Waals surface area contributed by atoms with Crippen LogP contribution in [0, 0.1) is 0 Å². The van der Waals surface area contributed by atoms with Crippen LogP contribution in [-0.4, -0.2) is 37.7 Å². The van der Waals surface area contributed by atoms with Gasteiger partial charge in [0.05, 0.1) is 21.7 Å². The molecule has 162 valence electrons. The van der Waals surface area contributed by atoms with Gasteiger partial charge in [-0.15, -0.1) is 0 Å². The van der Waals surface area contributed by atoms with Gasteiger partial charge in [-0.1, -0.05) is 66.7 Å². The molecule has 1 aromatic heterocycles. The molecule has 0 radical (unpaired) electrons. The summed E-state index contributed by atoms with van der Waals surface area (Å²) in [6.45, 7) is 0.0827. The Morgan fingerprint density at radius 2 is 1.56 bits per heavy atom. The Bertz CT molecular complexity index is 1380. The van der Waals surface area contributed by atoms with E-state index in [0.29, 0.717) is 16.8 Å². The number of para-hydroxylation sites is 1. The van der Waals surface area contributed by atoms with Gasteiger partial charge in [-0.25, -0.2) is 17.7 Å². The van der Waals surface area contributed by atoms with E-state index in [0.717, 1.165) is 20.8 Å². The Labute approximate surface area is 187 Å². The van der Waals surface area contributed by atoms with Crippen LogP contribution < -0.4 is 5.32 Å². The fraction of sp³-hybridized carbons (Fsp3) is 0.120. The van der Waals surface area contributed by atoms with Crippen LogP contribution in [0.5, 0.6) is 0 Å². The summed E-state index contributed by atoms with van der Waals surface area (Å²) in [6.07, 6.45) is 0. The van der Waals surface area contributed by atoms with E-state index in [2.05, 4.69) is 5.32 Å². The number of rotatable bonds is 6. The number of fused-ring (bicyclic) bond motifs is 1. The van der Waals surface area contributed by atoms with Crippen molar-refractivity contribution in [2.75, 3.05) is 14.1 Å². The van der Waals surface area contributed by atoms with Crippen molar-refractivity contribution < 1.29 is 13.2 Å². The molecule has 7 heteroatoms. The Morgan fingerprint density at radius 3 is 2.31 bits per heavy atom. The maximum absolute atomic E-state index is 13.2. The molecule has 0 spiro atoms. The number of benzene rings is 3. The molecule has 4 rings (SSSR count). The summed E-state index contributed by atoms with van der Waals surface area (Å²) in [7, 11) is -0.655. The molecule has 0 saturated heterocycles. The summed E-state index contributed by atoms with van der Waals surface area (Å²) >= 11 is 0. The monoisotopic (exact) mass is 445 g/mol. The molecular weight excluding hydrogens is 422 g/mol. The average Bonchev–Trinajstić information content (AvgIpc) is 2.82. The van der Waals surface area contributed by atoms with Gasteiger partial charge in [0.2, 0.25) is 10.0 Å². The molecule has 32 heavy (non-hydrogen) atoms. The number of amides is 1. The topological polar surface area (TPSA) is 79.4 Å². The van der Waals surface area contributed by atoms with Gasteiger partial charge in [0.25, 0.3) is 5.91 Å². The van der Waals surface area contributed by atoms with Gasteiger partial charge in [-0.2, -0.15) is 0 Å². The zero-order valence-electron chi connectivity index (χ0n) is 17.8. The van der Waals surface area contributed by atoms with Crippen LogP contribution >= 0.6 is 0 Å². The highest BCUT2D eigenvalue weighted by Crippen LogP contribution is 2.25. The average molecular weight is 446 g/mol. The second-order valence-electron chi connectivity index (χ2n) is 7.52. The Kier molecular flexibility index (Phi) is 6.03. The normalized spacial score (nSPS) is 11.6. The summed E-state index contributed by atoms with van der Waals surface area (Å²) in [4.78, 5) is 18.1. The second-order valence-corrected chi connectivity index (χ2v) is 9.64. The molecule has 6 nitrogen and oxygen atoms in total. The maximum Gasteiger partial charge on any atom is 0.252 e. The van der Waals surface area contributed by atoms with Gasteiger partial charge in [-0.05, 0) is 23.8 Å². The molecule has 0 fully saturated rings. The minimum atomic E-state index is -3.63. The van der Waals surface area contributed by atoms with Crippen LogP contribution in [0.15, 0.2) is 89.8 Å². The molecule has 1 heterocycles. The lowest BCUT2D eigenvalue weighted by Crippen LogP contribution is -2.27. The predicted molar refractivity (Wildman–Crippen MR) is 126 cm³/mol. The third-order valence-corrected chi connectivity index (χ3v) is 7.12. The lowest BCUT2D eigenvalue weighted by Gasteiger charge is -2.16. The van der Waals surface area contributed by atoms with E-state index in [1.807, 2.05) is 54.6 Å². The highest BCUT2D eigenvalue weighted by molar-refractivity contribution is 7.89. The summed E-state index contributed by atoms with van der Waals surface area (Å²) in [6, 6.07) is 25.6. The smallest absolute Gasteiger partial charge is 0.252 e. The van der Waals surface area contributed by atoms with E-state index in [-0.39, 0.29) is 17.3 Å². The summed E-state index contributed by atoms with van der Waals surface area (Å²) in [5.74, 6) is -0.294. The first kappa shape index (κ1) is 21.7. The molecule has 0 unspecified atom stereocenters. The highest BCUT2D eigenvalue weighted by Gasteiger charge is 2.21. The van der Waals surface area contributed by atoms with Gasteiger partial charge < -0.3 is 5.32 Å². The number of nitrogens with zero attached hydrogens (tertiary/aromatic N) is 2. The Morgan fingerprint density at radius 1 is 0.906 bits per heavy atom. The standard InChI is InChI=1S/C25H23N3O3S/c1-28(2)32(30,31)24-15-9-6-12-19(24)17-26-25(29)21-16-23(18-10-4-3-5-11-18)27-22-14-8-7-13-20(21)22/h3-16H,17H2,1-2H3,(H,26,29). The fourth-order valence-corrected chi connectivity index (χ4v) is 4.60. The first-order valence-corrected chi connectivity index (χ1v) is 11.6. The summed E-state index contributed by atoms with van der Waals surface area (Å²) < 4.78 is 26.5. The van der Waals surface area contributed by atoms with Gasteiger partial charge in [-0.3, -0.25) is 4.79 Å². The zero-order valence-corrected chi connectivity index (χ0v) is 18.6. The quantitative estimate of drug-likeness (QED) is 0.485. The third kappa shape index (κ3) is 4.26. The van der Waals surface area contributed by atoms with Crippen molar-refractivity contribution in [1.82, 2.24) is 14.6 Å². The van der Waals surface area contributed by atoms with Crippen molar-refractivity contribution in [3.8, 4) is 11.3 Å². The van der Waals surface area contributed by atoms with Gasteiger partial charge >= 0.3 is 0 Å². The summed E-state index contributed by atoms with van der Waals surface area (Å²) in [5.41, 5.74) is 3.34. The van der Waals surface area contributed by atoms with Crippen LogP contribution in [0.2, 0.25) is 0 Å². The van der Waals surface area contributed by atoms with Crippen LogP contribution in [0.1, 0.15) is 15.9 Å². The SMILES string of the molecule is CN(C)S(=O)(=O)c1ccccc1CNC(=O)c1cc(-c2ccccc2)nc2ccccc12. The highest BCUT2D eigenvalue weighted by atomic mass is 32.2. The van der Waals surface area contributed by atoms with E-state index in [1.165, 1.54) is 14.1 Å². The van der Waals surface area contributed by atoms with E-state index in [9.17, 15) is 13.2 Å². The zero-order chi connectivity index (χ0) is 22.7.